The van der Waals surface area contributed by atoms with E-state index in [0.717, 1.165) is 25.7 Å². The number of carboxylic acids is 1. The van der Waals surface area contributed by atoms with E-state index in [-0.39, 0.29) is 29.1 Å². The monoisotopic (exact) mass is 686 g/mol. The van der Waals surface area contributed by atoms with Crippen molar-refractivity contribution in [2.24, 2.45) is 0 Å². The van der Waals surface area contributed by atoms with Gasteiger partial charge in [0.1, 0.15) is 0 Å². The Balaban J connectivity index is 1.15. The summed E-state index contributed by atoms with van der Waals surface area (Å²) in [6.07, 6.45) is -2.98. The Morgan fingerprint density at radius 3 is 2.32 bits per heavy atom. The first-order valence-electron chi connectivity index (χ1n) is 16.2. The minimum Gasteiger partial charge on any atom is -0.478 e. The number of alkyl halides is 3. The van der Waals surface area contributed by atoms with Gasteiger partial charge < -0.3 is 30.9 Å². The lowest BCUT2D eigenvalue weighted by Gasteiger charge is -2.34. The van der Waals surface area contributed by atoms with Crippen LogP contribution in [0.15, 0.2) is 60.7 Å². The second-order valence-electron chi connectivity index (χ2n) is 12.5. The number of amides is 2. The first-order valence-corrected chi connectivity index (χ1v) is 16.2. The van der Waals surface area contributed by atoms with Crippen LogP contribution in [-0.4, -0.2) is 70.4 Å². The lowest BCUT2D eigenvalue weighted by Crippen LogP contribution is -2.45. The zero-order chi connectivity index (χ0) is 35.7. The van der Waals surface area contributed by atoms with Crippen LogP contribution in [0.3, 0.4) is 0 Å². The predicted octanol–water partition coefficient (Wildman–Crippen LogP) is 6.97. The number of carboxylic acid groups (broad SMARTS) is 1. The van der Waals surface area contributed by atoms with Crippen molar-refractivity contribution in [2.75, 3.05) is 48.7 Å². The van der Waals surface area contributed by atoms with E-state index in [1.54, 1.807) is 62.4 Å². The molecule has 10 nitrogen and oxygen atoms in total. The third-order valence-electron chi connectivity index (χ3n) is 9.17. The number of fused-ring (bicyclic) bond motifs is 1. The summed E-state index contributed by atoms with van der Waals surface area (Å²) in [6, 6.07) is 15.8. The molecule has 2 amide bonds. The van der Waals surface area contributed by atoms with Gasteiger partial charge >= 0.3 is 12.1 Å². The number of aromatic nitrogens is 1. The molecule has 260 valence electrons. The SMILES string of the molecule is CCN1CCN(Cc2ccc(C(=O)Nc3cccc(Nc4ccc5c(c4)NC(=O)/C5=C\c4[nH]c(C)c(C(=O)O)c4C)c3)cc2C(F)(F)F)CC1. The molecule has 3 heterocycles. The topological polar surface area (TPSA) is 130 Å². The molecule has 0 aliphatic carbocycles. The summed E-state index contributed by atoms with van der Waals surface area (Å²) >= 11 is 0. The van der Waals surface area contributed by atoms with Gasteiger partial charge in [-0.1, -0.05) is 25.1 Å². The van der Waals surface area contributed by atoms with Crippen LogP contribution in [0.5, 0.6) is 0 Å². The van der Waals surface area contributed by atoms with Crippen molar-refractivity contribution in [1.82, 2.24) is 14.8 Å². The number of benzene rings is 3. The molecule has 0 radical (unpaired) electrons. The Bertz CT molecular complexity index is 2010. The highest BCUT2D eigenvalue weighted by atomic mass is 19.4. The molecule has 1 saturated heterocycles. The van der Waals surface area contributed by atoms with Gasteiger partial charge in [0.2, 0.25) is 0 Å². The number of halogens is 3. The number of aromatic amines is 1. The summed E-state index contributed by atoms with van der Waals surface area (Å²) in [4.78, 5) is 44.9. The van der Waals surface area contributed by atoms with Gasteiger partial charge in [-0.25, -0.2) is 4.79 Å². The Morgan fingerprint density at radius 1 is 0.940 bits per heavy atom. The van der Waals surface area contributed by atoms with Crippen molar-refractivity contribution >= 4 is 52.2 Å². The van der Waals surface area contributed by atoms with Crippen LogP contribution in [-0.2, 0) is 17.5 Å². The fourth-order valence-electron chi connectivity index (χ4n) is 6.47. The van der Waals surface area contributed by atoms with Crippen molar-refractivity contribution in [3.63, 3.8) is 0 Å². The maximum Gasteiger partial charge on any atom is 0.416 e. The van der Waals surface area contributed by atoms with Crippen LogP contribution in [0.2, 0.25) is 0 Å². The zero-order valence-electron chi connectivity index (χ0n) is 27.8. The highest BCUT2D eigenvalue weighted by Crippen LogP contribution is 2.37. The molecule has 0 spiro atoms. The fraction of sp³-hybridized carbons (Fsp3) is 0.270. The molecule has 0 saturated carbocycles. The molecule has 6 rings (SSSR count). The lowest BCUT2D eigenvalue weighted by atomic mass is 10.0. The Labute approximate surface area is 287 Å². The maximum absolute atomic E-state index is 14.1. The molecule has 0 unspecified atom stereocenters. The van der Waals surface area contributed by atoms with Gasteiger partial charge in [-0.05, 0) is 80.1 Å². The number of carbonyl (C=O) groups is 3. The molecular formula is C37H37F3N6O4. The van der Waals surface area contributed by atoms with Gasteiger partial charge in [0.05, 0.1) is 22.4 Å². The number of anilines is 4. The first-order chi connectivity index (χ1) is 23.8. The van der Waals surface area contributed by atoms with Crippen molar-refractivity contribution in [3.8, 4) is 0 Å². The van der Waals surface area contributed by atoms with E-state index in [1.807, 2.05) is 4.90 Å². The number of aryl methyl sites for hydroxylation is 1. The first kappa shape index (κ1) is 34.5. The average Bonchev–Trinajstić information content (AvgIpc) is 3.53. The number of piperazine rings is 1. The number of hydrogen-bond donors (Lipinski definition) is 5. The van der Waals surface area contributed by atoms with E-state index in [9.17, 15) is 32.7 Å². The van der Waals surface area contributed by atoms with Gasteiger partial charge in [0.15, 0.2) is 0 Å². The lowest BCUT2D eigenvalue weighted by molar-refractivity contribution is -0.138. The third-order valence-corrected chi connectivity index (χ3v) is 9.17. The van der Waals surface area contributed by atoms with Gasteiger partial charge in [-0.2, -0.15) is 13.2 Å². The quantitative estimate of drug-likeness (QED) is 0.120. The second kappa shape index (κ2) is 13.8. The highest BCUT2D eigenvalue weighted by molar-refractivity contribution is 6.35. The number of carbonyl (C=O) groups excluding carboxylic acids is 2. The number of nitrogens with zero attached hydrogens (tertiary/aromatic N) is 2. The van der Waals surface area contributed by atoms with Crippen LogP contribution in [0.25, 0.3) is 11.6 Å². The Morgan fingerprint density at radius 2 is 1.64 bits per heavy atom. The van der Waals surface area contributed by atoms with Crippen LogP contribution in [0.1, 0.15) is 61.3 Å². The fourth-order valence-corrected chi connectivity index (χ4v) is 6.47. The molecule has 0 atom stereocenters. The van der Waals surface area contributed by atoms with Gasteiger partial charge in [0, 0.05) is 72.3 Å². The normalized spacial score (nSPS) is 16.0. The second-order valence-corrected chi connectivity index (χ2v) is 12.5. The molecule has 2 aliphatic rings. The molecule has 0 bridgehead atoms. The van der Waals surface area contributed by atoms with E-state index < -0.39 is 23.6 Å². The molecule has 3 aromatic carbocycles. The molecule has 13 heteroatoms. The number of likely N-dealkylation sites (N-methyl/N-ethyl adjacent to an activating group) is 1. The summed E-state index contributed by atoms with van der Waals surface area (Å²) in [5, 5.41) is 18.3. The summed E-state index contributed by atoms with van der Waals surface area (Å²) in [7, 11) is 0. The van der Waals surface area contributed by atoms with Crippen LogP contribution < -0.4 is 16.0 Å². The number of aromatic carboxylic acids is 1. The zero-order valence-corrected chi connectivity index (χ0v) is 27.8. The summed E-state index contributed by atoms with van der Waals surface area (Å²) in [5.74, 6) is -2.05. The molecule has 5 N–H and O–H groups in total. The molecule has 1 aromatic heterocycles. The van der Waals surface area contributed by atoms with Gasteiger partial charge in [-0.3, -0.25) is 14.5 Å². The minimum atomic E-state index is -4.61. The number of rotatable bonds is 9. The van der Waals surface area contributed by atoms with E-state index >= 15 is 0 Å². The number of H-pyrrole nitrogens is 1. The van der Waals surface area contributed by atoms with Crippen molar-refractivity contribution in [1.29, 1.82) is 0 Å². The Hall–Kier alpha value is -5.40. The predicted molar refractivity (Wildman–Crippen MR) is 187 cm³/mol. The number of nitrogens with one attached hydrogen (secondary N) is 4. The molecule has 4 aromatic rings. The van der Waals surface area contributed by atoms with Crippen LogP contribution in [0.4, 0.5) is 35.9 Å². The highest BCUT2D eigenvalue weighted by Gasteiger charge is 2.35. The standard InChI is InChI=1S/C37H37F3N6O4/c1-4-45-12-14-46(15-13-45)20-24-9-8-23(16-30(24)37(38,39)40)34(47)43-26-7-5-6-25(17-26)42-27-10-11-28-29(35(48)44-32(28)18-27)19-31-21(2)33(36(49)50)22(3)41-31/h5-11,16-19,41-42H,4,12-15,20H2,1-3H3,(H,43,47)(H,44,48)(H,49,50)/b29-19-. The minimum absolute atomic E-state index is 0.0997. The molecule has 50 heavy (non-hydrogen) atoms. The van der Waals surface area contributed by atoms with Gasteiger partial charge in [0.25, 0.3) is 11.8 Å². The van der Waals surface area contributed by atoms with Gasteiger partial charge in [-0.15, -0.1) is 0 Å². The van der Waals surface area contributed by atoms with E-state index in [2.05, 4.69) is 32.8 Å². The number of hydrogen-bond acceptors (Lipinski definition) is 6. The van der Waals surface area contributed by atoms with E-state index in [4.69, 9.17) is 0 Å². The van der Waals surface area contributed by atoms with Crippen molar-refractivity contribution in [2.45, 2.75) is 33.5 Å². The summed E-state index contributed by atoms with van der Waals surface area (Å²) < 4.78 is 42.4. The largest absolute Gasteiger partial charge is 0.478 e. The maximum atomic E-state index is 14.1. The van der Waals surface area contributed by atoms with Crippen LogP contribution in [0, 0.1) is 13.8 Å². The molecule has 2 aliphatic heterocycles. The summed E-state index contributed by atoms with van der Waals surface area (Å²) in [5.41, 5.74) is 4.15. The Kier molecular flexibility index (Phi) is 9.54. The van der Waals surface area contributed by atoms with E-state index in [0.29, 0.717) is 63.9 Å². The van der Waals surface area contributed by atoms with Crippen molar-refractivity contribution in [3.05, 3.63) is 105 Å². The van der Waals surface area contributed by atoms with Crippen molar-refractivity contribution < 1.29 is 32.7 Å². The molecule has 1 fully saturated rings. The average molecular weight is 687 g/mol. The summed E-state index contributed by atoms with van der Waals surface area (Å²) in [6.45, 7) is 9.45. The van der Waals surface area contributed by atoms with E-state index in [1.165, 1.54) is 12.1 Å². The third kappa shape index (κ3) is 7.28. The smallest absolute Gasteiger partial charge is 0.416 e. The molecular weight excluding hydrogens is 649 g/mol. The van der Waals surface area contributed by atoms with Crippen LogP contribution >= 0.6 is 0 Å².